The predicted octanol–water partition coefficient (Wildman–Crippen LogP) is -0.0323. The van der Waals surface area contributed by atoms with Gasteiger partial charge in [-0.3, -0.25) is 0 Å². The van der Waals surface area contributed by atoms with E-state index in [1.165, 1.54) is 25.7 Å². The van der Waals surface area contributed by atoms with Crippen molar-refractivity contribution in [1.82, 2.24) is 0 Å². The summed E-state index contributed by atoms with van der Waals surface area (Å²) in [7, 11) is 1.31. The van der Waals surface area contributed by atoms with Crippen molar-refractivity contribution in [3.8, 4) is 0 Å². The van der Waals surface area contributed by atoms with E-state index in [4.69, 9.17) is 9.83 Å². The monoisotopic (exact) mass is 167 g/mol. The zero-order chi connectivity index (χ0) is 8.97. The van der Waals surface area contributed by atoms with E-state index in [1.807, 2.05) is 0 Å². The molecular formula is C7H7N2O3-. The van der Waals surface area contributed by atoms with Crippen molar-refractivity contribution in [2.24, 2.45) is 5.16 Å². The lowest BCUT2D eigenvalue weighted by atomic mass is 10.2. The van der Waals surface area contributed by atoms with Crippen LogP contribution in [0.2, 0.25) is 0 Å². The average molecular weight is 167 g/mol. The molecule has 5 heteroatoms. The molecule has 0 saturated carbocycles. The van der Waals surface area contributed by atoms with Gasteiger partial charge in [-0.25, -0.2) is 0 Å². The maximum Gasteiger partial charge on any atom is 0.123 e. The largest absolute Gasteiger partial charge is 0.858 e. The molecule has 0 amide bonds. The minimum atomic E-state index is -0.904. The van der Waals surface area contributed by atoms with E-state index in [2.05, 4.69) is 9.99 Å². The normalized spacial score (nSPS) is 11.2. The summed E-state index contributed by atoms with van der Waals surface area (Å²) in [5, 5.41) is 20.9. The fourth-order valence-electron chi connectivity index (χ4n) is 0.716. The molecule has 0 bridgehead atoms. The van der Waals surface area contributed by atoms with Crippen molar-refractivity contribution in [1.29, 1.82) is 5.41 Å². The van der Waals surface area contributed by atoms with E-state index < -0.39 is 5.90 Å². The molecule has 0 fully saturated rings. The molecule has 0 unspecified atom stereocenters. The van der Waals surface area contributed by atoms with Gasteiger partial charge in [0.05, 0.1) is 12.5 Å². The highest BCUT2D eigenvalue weighted by atomic mass is 16.6. The van der Waals surface area contributed by atoms with Gasteiger partial charge in [-0.1, -0.05) is 5.16 Å². The Morgan fingerprint density at radius 2 is 2.50 bits per heavy atom. The van der Waals surface area contributed by atoms with E-state index in [1.54, 1.807) is 0 Å². The first-order chi connectivity index (χ1) is 5.75. The molecule has 64 valence electrons. The third-order valence-electron chi connectivity index (χ3n) is 1.19. The molecule has 0 aromatic carbocycles. The van der Waals surface area contributed by atoms with Crippen molar-refractivity contribution < 1.29 is 14.4 Å². The van der Waals surface area contributed by atoms with E-state index in [0.29, 0.717) is 5.56 Å². The molecule has 0 aliphatic heterocycles. The molecule has 0 saturated heterocycles. The van der Waals surface area contributed by atoms with Crippen LogP contribution < -0.4 is 5.11 Å². The fraction of sp³-hybridized carbons (Fsp3) is 0.143. The zero-order valence-electron chi connectivity index (χ0n) is 6.40. The second-order valence-electron chi connectivity index (χ2n) is 1.96. The Hall–Kier alpha value is -1.78. The Bertz CT molecular complexity index is 290. The summed E-state index contributed by atoms with van der Waals surface area (Å²) in [5.74, 6) is -0.904. The highest BCUT2D eigenvalue weighted by Gasteiger charge is 2.04. The fourth-order valence-corrected chi connectivity index (χ4v) is 0.716. The zero-order valence-corrected chi connectivity index (χ0v) is 6.40. The van der Waals surface area contributed by atoms with E-state index in [9.17, 15) is 5.11 Å². The highest BCUT2D eigenvalue weighted by Crippen LogP contribution is 2.02. The molecule has 1 heterocycles. The molecule has 0 atom stereocenters. The number of rotatable bonds is 3. The average Bonchev–Trinajstić information content (AvgIpc) is 2.51. The number of nitrogens with one attached hydrogen (secondary N) is 1. The summed E-state index contributed by atoms with van der Waals surface area (Å²) in [4.78, 5) is 4.39. The number of oxime groups is 1. The van der Waals surface area contributed by atoms with Crippen molar-refractivity contribution in [3.05, 3.63) is 24.2 Å². The molecule has 12 heavy (non-hydrogen) atoms. The van der Waals surface area contributed by atoms with Gasteiger partial charge < -0.3 is 19.8 Å². The van der Waals surface area contributed by atoms with Crippen LogP contribution >= 0.6 is 0 Å². The molecule has 0 aliphatic rings. The molecule has 0 spiro atoms. The minimum Gasteiger partial charge on any atom is -0.858 e. The van der Waals surface area contributed by atoms with Crippen molar-refractivity contribution in [2.75, 3.05) is 7.11 Å². The van der Waals surface area contributed by atoms with Gasteiger partial charge in [0, 0.05) is 11.5 Å². The summed E-state index contributed by atoms with van der Waals surface area (Å²) >= 11 is 0. The van der Waals surface area contributed by atoms with Gasteiger partial charge in [-0.15, -0.1) is 0 Å². The van der Waals surface area contributed by atoms with Crippen LogP contribution in [0.4, 0.5) is 0 Å². The third kappa shape index (κ3) is 1.63. The van der Waals surface area contributed by atoms with Crippen LogP contribution in [0.1, 0.15) is 5.56 Å². The first kappa shape index (κ1) is 8.32. The Morgan fingerprint density at radius 3 is 2.92 bits per heavy atom. The highest BCUT2D eigenvalue weighted by molar-refractivity contribution is 6.42. The molecule has 1 rings (SSSR count). The molecule has 0 radical (unpaired) electrons. The van der Waals surface area contributed by atoms with Gasteiger partial charge in [-0.2, -0.15) is 0 Å². The summed E-state index contributed by atoms with van der Waals surface area (Å²) in [6.45, 7) is 0. The van der Waals surface area contributed by atoms with Crippen LogP contribution in [-0.2, 0) is 4.84 Å². The van der Waals surface area contributed by atoms with Gasteiger partial charge in [0.25, 0.3) is 0 Å². The molecule has 5 nitrogen and oxygen atoms in total. The van der Waals surface area contributed by atoms with E-state index >= 15 is 0 Å². The lowest BCUT2D eigenvalue weighted by Crippen LogP contribution is -2.27. The summed E-state index contributed by atoms with van der Waals surface area (Å²) in [6, 6.07) is 1.53. The SMILES string of the molecule is CO/N=C(\C(=N)[O-])c1ccoc1. The van der Waals surface area contributed by atoms with Gasteiger partial charge in [0.2, 0.25) is 0 Å². The van der Waals surface area contributed by atoms with Crippen molar-refractivity contribution in [2.45, 2.75) is 0 Å². The Labute approximate surface area is 68.8 Å². The van der Waals surface area contributed by atoms with E-state index in [0.717, 1.165) is 0 Å². The maximum absolute atomic E-state index is 10.6. The maximum atomic E-state index is 10.6. The van der Waals surface area contributed by atoms with Crippen LogP contribution in [-0.4, -0.2) is 18.7 Å². The quantitative estimate of drug-likeness (QED) is 0.389. The summed E-state index contributed by atoms with van der Waals surface area (Å²) in [5.41, 5.74) is 0.378. The number of hydrogen-bond donors (Lipinski definition) is 1. The van der Waals surface area contributed by atoms with Crippen LogP contribution in [0.25, 0.3) is 0 Å². The number of hydrogen-bond acceptors (Lipinski definition) is 5. The molecule has 1 N–H and O–H groups in total. The Balaban J connectivity index is 2.96. The molecule has 1 aromatic rings. The van der Waals surface area contributed by atoms with Crippen molar-refractivity contribution >= 4 is 11.6 Å². The first-order valence-corrected chi connectivity index (χ1v) is 3.15. The molecular weight excluding hydrogens is 160 g/mol. The smallest absolute Gasteiger partial charge is 0.123 e. The van der Waals surface area contributed by atoms with Gasteiger partial charge in [0.15, 0.2) is 0 Å². The van der Waals surface area contributed by atoms with Crippen LogP contribution in [0.5, 0.6) is 0 Å². The van der Waals surface area contributed by atoms with Gasteiger partial charge in [-0.05, 0) is 6.07 Å². The lowest BCUT2D eigenvalue weighted by Gasteiger charge is -2.07. The first-order valence-electron chi connectivity index (χ1n) is 3.15. The van der Waals surface area contributed by atoms with Gasteiger partial charge >= 0.3 is 0 Å². The predicted molar refractivity (Wildman–Crippen MR) is 40.0 cm³/mol. The van der Waals surface area contributed by atoms with E-state index in [-0.39, 0.29) is 5.71 Å². The standard InChI is InChI=1S/C7H8N2O3/c1-11-9-6(7(8)10)5-2-3-12-4-5/h2-4H,1H3,(H2,8,10)/p-1/b9-6-. The second-order valence-corrected chi connectivity index (χ2v) is 1.96. The number of nitrogens with zero attached hydrogens (tertiary/aromatic N) is 1. The lowest BCUT2D eigenvalue weighted by molar-refractivity contribution is -0.210. The third-order valence-corrected chi connectivity index (χ3v) is 1.19. The Morgan fingerprint density at radius 1 is 1.75 bits per heavy atom. The van der Waals surface area contributed by atoms with Crippen LogP contribution in [0, 0.1) is 5.41 Å². The minimum absolute atomic E-state index is 0.0637. The Kier molecular flexibility index (Phi) is 2.47. The summed E-state index contributed by atoms with van der Waals surface area (Å²) < 4.78 is 4.72. The van der Waals surface area contributed by atoms with Crippen LogP contribution in [0.3, 0.4) is 0 Å². The molecule has 0 aliphatic carbocycles. The topological polar surface area (TPSA) is 81.6 Å². The summed E-state index contributed by atoms with van der Waals surface area (Å²) in [6.07, 6.45) is 2.72. The second kappa shape index (κ2) is 3.56. The number of furan rings is 1. The molecule has 1 aromatic heterocycles. The van der Waals surface area contributed by atoms with Crippen molar-refractivity contribution in [3.63, 3.8) is 0 Å². The van der Waals surface area contributed by atoms with Gasteiger partial charge in [0.1, 0.15) is 12.8 Å². The van der Waals surface area contributed by atoms with Crippen LogP contribution in [0.15, 0.2) is 28.2 Å².